The highest BCUT2D eigenvalue weighted by Gasteiger charge is 2.12. The quantitative estimate of drug-likeness (QED) is 0.775. The van der Waals surface area contributed by atoms with Gasteiger partial charge in [-0.25, -0.2) is 0 Å². The number of benzene rings is 1. The lowest BCUT2D eigenvalue weighted by Gasteiger charge is -2.03. The molecule has 0 unspecified atom stereocenters. The average molecular weight is 280 g/mol. The molecule has 0 aliphatic heterocycles. The fourth-order valence-electron chi connectivity index (χ4n) is 2.20. The van der Waals surface area contributed by atoms with Crippen LogP contribution in [-0.4, -0.2) is 21.7 Å². The minimum atomic E-state index is 0.532. The molecule has 0 aliphatic carbocycles. The van der Waals surface area contributed by atoms with Gasteiger partial charge in [0.2, 0.25) is 0 Å². The Morgan fingerprint density at radius 2 is 1.90 bits per heavy atom. The SMILES string of the molecule is NCCc1ccccc1-c1nc(Cc2ccccn2)no1. The van der Waals surface area contributed by atoms with Crippen molar-refractivity contribution in [1.29, 1.82) is 0 Å². The number of aromatic nitrogens is 3. The predicted octanol–water partition coefficient (Wildman–Crippen LogP) is 2.22. The molecule has 0 fully saturated rings. The highest BCUT2D eigenvalue weighted by Crippen LogP contribution is 2.22. The molecule has 0 amide bonds. The van der Waals surface area contributed by atoms with Crippen LogP contribution < -0.4 is 5.73 Å². The Morgan fingerprint density at radius 3 is 2.71 bits per heavy atom. The summed E-state index contributed by atoms with van der Waals surface area (Å²) in [7, 11) is 0. The largest absolute Gasteiger partial charge is 0.334 e. The Hall–Kier alpha value is -2.53. The molecule has 2 aromatic heterocycles. The van der Waals surface area contributed by atoms with Crippen molar-refractivity contribution in [3.8, 4) is 11.5 Å². The van der Waals surface area contributed by atoms with Gasteiger partial charge >= 0.3 is 0 Å². The van der Waals surface area contributed by atoms with Gasteiger partial charge in [0.15, 0.2) is 5.82 Å². The summed E-state index contributed by atoms with van der Waals surface area (Å²) in [5.74, 6) is 1.16. The summed E-state index contributed by atoms with van der Waals surface area (Å²) in [4.78, 5) is 8.72. The minimum absolute atomic E-state index is 0.532. The van der Waals surface area contributed by atoms with Crippen molar-refractivity contribution in [2.24, 2.45) is 5.73 Å². The summed E-state index contributed by atoms with van der Waals surface area (Å²) in [5.41, 5.74) is 8.62. The Balaban J connectivity index is 1.85. The first kappa shape index (κ1) is 13.5. The van der Waals surface area contributed by atoms with Gasteiger partial charge in [0.05, 0.1) is 6.42 Å². The Kier molecular flexibility index (Phi) is 4.02. The van der Waals surface area contributed by atoms with Crippen LogP contribution in [0.2, 0.25) is 0 Å². The van der Waals surface area contributed by atoms with Crippen molar-refractivity contribution in [2.75, 3.05) is 6.54 Å². The monoisotopic (exact) mass is 280 g/mol. The molecule has 0 aliphatic rings. The van der Waals surface area contributed by atoms with Crippen LogP contribution in [-0.2, 0) is 12.8 Å². The number of pyridine rings is 1. The van der Waals surface area contributed by atoms with Crippen molar-refractivity contribution >= 4 is 0 Å². The van der Waals surface area contributed by atoms with Gasteiger partial charge in [0.1, 0.15) is 0 Å². The highest BCUT2D eigenvalue weighted by atomic mass is 16.5. The third kappa shape index (κ3) is 3.14. The smallest absolute Gasteiger partial charge is 0.258 e. The van der Waals surface area contributed by atoms with Crippen molar-refractivity contribution in [2.45, 2.75) is 12.8 Å². The lowest BCUT2D eigenvalue weighted by molar-refractivity contribution is 0.423. The van der Waals surface area contributed by atoms with Gasteiger partial charge < -0.3 is 10.3 Å². The van der Waals surface area contributed by atoms with Crippen LogP contribution in [0.4, 0.5) is 0 Å². The van der Waals surface area contributed by atoms with Crippen LogP contribution in [0.5, 0.6) is 0 Å². The first-order valence-corrected chi connectivity index (χ1v) is 6.87. The van der Waals surface area contributed by atoms with E-state index in [-0.39, 0.29) is 0 Å². The van der Waals surface area contributed by atoms with Gasteiger partial charge in [0, 0.05) is 17.5 Å². The van der Waals surface area contributed by atoms with Gasteiger partial charge in [-0.1, -0.05) is 29.4 Å². The third-order valence-electron chi connectivity index (χ3n) is 3.19. The van der Waals surface area contributed by atoms with Gasteiger partial charge in [-0.05, 0) is 36.7 Å². The van der Waals surface area contributed by atoms with Gasteiger partial charge in [-0.3, -0.25) is 4.98 Å². The summed E-state index contributed by atoms with van der Waals surface area (Å²) in [6.07, 6.45) is 3.10. The Bertz CT molecular complexity index is 709. The van der Waals surface area contributed by atoms with Crippen molar-refractivity contribution in [1.82, 2.24) is 15.1 Å². The lowest BCUT2D eigenvalue weighted by atomic mass is 10.0. The second kappa shape index (κ2) is 6.28. The van der Waals surface area contributed by atoms with Crippen LogP contribution >= 0.6 is 0 Å². The fourth-order valence-corrected chi connectivity index (χ4v) is 2.20. The zero-order valence-corrected chi connectivity index (χ0v) is 11.6. The van der Waals surface area contributed by atoms with Gasteiger partial charge in [-0.2, -0.15) is 4.98 Å². The molecule has 5 heteroatoms. The van der Waals surface area contributed by atoms with Crippen molar-refractivity contribution in [3.05, 3.63) is 65.7 Å². The third-order valence-corrected chi connectivity index (χ3v) is 3.19. The lowest BCUT2D eigenvalue weighted by Crippen LogP contribution is -2.03. The first-order valence-electron chi connectivity index (χ1n) is 6.87. The summed E-state index contributed by atoms with van der Waals surface area (Å²) >= 11 is 0. The molecule has 3 rings (SSSR count). The molecule has 0 spiro atoms. The van der Waals surface area contributed by atoms with Crippen LogP contribution in [0.25, 0.3) is 11.5 Å². The second-order valence-electron chi connectivity index (χ2n) is 4.71. The van der Waals surface area contributed by atoms with Crippen LogP contribution in [0.1, 0.15) is 17.1 Å². The van der Waals surface area contributed by atoms with Crippen LogP contribution in [0.3, 0.4) is 0 Å². The number of nitrogens with two attached hydrogens (primary N) is 1. The van der Waals surface area contributed by atoms with E-state index in [9.17, 15) is 0 Å². The van der Waals surface area contributed by atoms with Gasteiger partial charge in [-0.15, -0.1) is 0 Å². The van der Waals surface area contributed by atoms with E-state index in [1.54, 1.807) is 6.20 Å². The molecule has 0 radical (unpaired) electrons. The molecule has 2 N–H and O–H groups in total. The van der Waals surface area contributed by atoms with E-state index >= 15 is 0 Å². The standard InChI is InChI=1S/C16H16N4O/c17-9-8-12-5-1-2-7-14(12)16-19-15(20-21-16)11-13-6-3-4-10-18-13/h1-7,10H,8-9,11,17H2. The summed E-state index contributed by atoms with van der Waals surface area (Å²) in [5, 5.41) is 4.03. The molecule has 2 heterocycles. The first-order chi connectivity index (χ1) is 10.4. The fraction of sp³-hybridized carbons (Fsp3) is 0.188. The van der Waals surface area contributed by atoms with E-state index < -0.39 is 0 Å². The number of nitrogens with zero attached hydrogens (tertiary/aromatic N) is 3. The zero-order valence-electron chi connectivity index (χ0n) is 11.6. The van der Waals surface area contributed by atoms with E-state index in [1.807, 2.05) is 42.5 Å². The van der Waals surface area contributed by atoms with Crippen LogP contribution in [0.15, 0.2) is 53.2 Å². The maximum absolute atomic E-state index is 5.64. The second-order valence-corrected chi connectivity index (χ2v) is 4.71. The molecule has 106 valence electrons. The van der Waals surface area contributed by atoms with Crippen LogP contribution in [0, 0.1) is 0 Å². The van der Waals surface area contributed by atoms with E-state index in [2.05, 4.69) is 15.1 Å². The molecular formula is C16H16N4O. The minimum Gasteiger partial charge on any atom is -0.334 e. The topological polar surface area (TPSA) is 77.8 Å². The van der Waals surface area contributed by atoms with Gasteiger partial charge in [0.25, 0.3) is 5.89 Å². The molecule has 3 aromatic rings. The van der Waals surface area contributed by atoms with E-state index in [1.165, 1.54) is 0 Å². The molecule has 0 bridgehead atoms. The number of rotatable bonds is 5. The molecule has 0 saturated heterocycles. The van der Waals surface area contributed by atoms with Crippen molar-refractivity contribution < 1.29 is 4.52 Å². The molecule has 1 aromatic carbocycles. The van der Waals surface area contributed by atoms with E-state index in [0.29, 0.717) is 24.7 Å². The molecular weight excluding hydrogens is 264 g/mol. The summed E-state index contributed by atoms with van der Waals surface area (Å²) in [6.45, 7) is 0.589. The Labute approximate surface area is 122 Å². The summed E-state index contributed by atoms with van der Waals surface area (Å²) in [6, 6.07) is 13.7. The maximum atomic E-state index is 5.64. The zero-order chi connectivity index (χ0) is 14.5. The molecule has 0 atom stereocenters. The van der Waals surface area contributed by atoms with E-state index in [4.69, 9.17) is 10.3 Å². The molecule has 0 saturated carbocycles. The predicted molar refractivity (Wildman–Crippen MR) is 79.5 cm³/mol. The molecule has 21 heavy (non-hydrogen) atoms. The normalized spacial score (nSPS) is 10.7. The van der Waals surface area contributed by atoms with Crippen molar-refractivity contribution in [3.63, 3.8) is 0 Å². The average Bonchev–Trinajstić information content (AvgIpc) is 2.97. The Morgan fingerprint density at radius 1 is 1.05 bits per heavy atom. The number of hydrogen-bond acceptors (Lipinski definition) is 5. The summed E-state index contributed by atoms with van der Waals surface area (Å²) < 4.78 is 5.38. The van der Waals surface area contributed by atoms with E-state index in [0.717, 1.165) is 23.2 Å². The maximum Gasteiger partial charge on any atom is 0.258 e. The number of hydrogen-bond donors (Lipinski definition) is 1. The highest BCUT2D eigenvalue weighted by molar-refractivity contribution is 5.58. The molecule has 5 nitrogen and oxygen atoms in total.